The van der Waals surface area contributed by atoms with Gasteiger partial charge in [0.2, 0.25) is 5.91 Å². The average molecular weight is 465 g/mol. The second kappa shape index (κ2) is 10.8. The fourth-order valence-corrected chi connectivity index (χ4v) is 3.36. The van der Waals surface area contributed by atoms with Crippen molar-refractivity contribution in [2.24, 2.45) is 0 Å². The van der Waals surface area contributed by atoms with Crippen molar-refractivity contribution in [1.82, 2.24) is 15.6 Å². The van der Waals surface area contributed by atoms with Crippen molar-refractivity contribution in [2.75, 3.05) is 19.8 Å². The molecular formula is C23H26F3N3O4. The summed E-state index contributed by atoms with van der Waals surface area (Å²) in [6, 6.07) is 5.93. The Labute approximate surface area is 189 Å². The van der Waals surface area contributed by atoms with Crippen molar-refractivity contribution in [3.63, 3.8) is 0 Å². The van der Waals surface area contributed by atoms with Gasteiger partial charge in [-0.3, -0.25) is 9.59 Å². The van der Waals surface area contributed by atoms with E-state index in [9.17, 15) is 22.8 Å². The molecule has 7 nitrogen and oxygen atoms in total. The topological polar surface area (TPSA) is 89.6 Å². The lowest BCUT2D eigenvalue weighted by molar-refractivity contribution is -0.137. The third-order valence-electron chi connectivity index (χ3n) is 5.18. The van der Waals surface area contributed by atoms with Crippen LogP contribution in [0.1, 0.15) is 42.2 Å². The average Bonchev–Trinajstić information content (AvgIpc) is 2.73. The van der Waals surface area contributed by atoms with Crippen molar-refractivity contribution in [2.45, 2.75) is 44.6 Å². The summed E-state index contributed by atoms with van der Waals surface area (Å²) in [4.78, 5) is 28.4. The van der Waals surface area contributed by atoms with Gasteiger partial charge in [-0.25, -0.2) is 4.98 Å². The minimum absolute atomic E-state index is 0.0226. The Morgan fingerprint density at radius 2 is 1.88 bits per heavy atom. The van der Waals surface area contributed by atoms with E-state index in [-0.39, 0.29) is 47.9 Å². The molecule has 0 radical (unpaired) electrons. The molecule has 1 aromatic carbocycles. The predicted molar refractivity (Wildman–Crippen MR) is 115 cm³/mol. The van der Waals surface area contributed by atoms with Crippen LogP contribution in [0.25, 0.3) is 10.9 Å². The number of rotatable bonds is 10. The summed E-state index contributed by atoms with van der Waals surface area (Å²) in [5.74, 6) is -0.797. The van der Waals surface area contributed by atoms with E-state index in [2.05, 4.69) is 22.2 Å². The largest absolute Gasteiger partial charge is 0.416 e. The highest BCUT2D eigenvalue weighted by molar-refractivity contribution is 5.95. The van der Waals surface area contributed by atoms with E-state index in [1.165, 1.54) is 18.2 Å². The zero-order valence-corrected chi connectivity index (χ0v) is 18.2. The third kappa shape index (κ3) is 7.00. The quantitative estimate of drug-likeness (QED) is 0.560. The van der Waals surface area contributed by atoms with E-state index < -0.39 is 17.6 Å². The number of fused-ring (bicyclic) bond motifs is 1. The number of halogens is 3. The zero-order chi connectivity index (χ0) is 24.0. The highest BCUT2D eigenvalue weighted by Crippen LogP contribution is 2.31. The molecule has 1 heterocycles. The number of hydrogen-bond acceptors (Lipinski definition) is 5. The molecule has 3 rings (SSSR count). The van der Waals surface area contributed by atoms with Crippen LogP contribution in [-0.2, 0) is 20.4 Å². The minimum Gasteiger partial charge on any atom is -0.378 e. The maximum Gasteiger partial charge on any atom is 0.416 e. The normalized spacial score (nSPS) is 17.9. The molecule has 2 N–H and O–H groups in total. The Hall–Kier alpha value is -2.98. The van der Waals surface area contributed by atoms with Crippen LogP contribution in [0.3, 0.4) is 0 Å². The van der Waals surface area contributed by atoms with Crippen LogP contribution in [0.2, 0.25) is 0 Å². The lowest BCUT2D eigenvalue weighted by Crippen LogP contribution is -2.40. The van der Waals surface area contributed by atoms with E-state index in [1.807, 2.05) is 6.92 Å². The molecule has 0 saturated heterocycles. The molecule has 0 atom stereocenters. The summed E-state index contributed by atoms with van der Waals surface area (Å²) in [6.45, 7) is 6.48. The number of alkyl halides is 3. The predicted octanol–water partition coefficient (Wildman–Crippen LogP) is 3.59. The number of aromatic nitrogens is 1. The molecule has 1 fully saturated rings. The first-order valence-electron chi connectivity index (χ1n) is 10.6. The van der Waals surface area contributed by atoms with Crippen molar-refractivity contribution in [1.29, 1.82) is 0 Å². The van der Waals surface area contributed by atoms with Crippen LogP contribution >= 0.6 is 0 Å². The molecular weight excluding hydrogens is 439 g/mol. The van der Waals surface area contributed by atoms with Crippen LogP contribution in [-0.4, -0.2) is 48.8 Å². The van der Waals surface area contributed by atoms with Crippen molar-refractivity contribution >= 4 is 22.7 Å². The number of ether oxygens (including phenoxy) is 2. The minimum atomic E-state index is -4.45. The molecule has 33 heavy (non-hydrogen) atoms. The summed E-state index contributed by atoms with van der Waals surface area (Å²) < 4.78 is 49.4. The summed E-state index contributed by atoms with van der Waals surface area (Å²) in [5.41, 5.74) is 0.0146. The zero-order valence-electron chi connectivity index (χ0n) is 18.2. The van der Waals surface area contributed by atoms with Crippen molar-refractivity contribution in [3.05, 3.63) is 53.9 Å². The number of pyridine rings is 1. The summed E-state index contributed by atoms with van der Waals surface area (Å²) in [5, 5.41) is 5.56. The van der Waals surface area contributed by atoms with Gasteiger partial charge in [0, 0.05) is 30.7 Å². The standard InChI is InChI=1S/C23H26F3N3O4/c1-3-32-17-11-18(12-17)33-13-21(30)28-14(2)8-9-27-22(31)20-6-4-15-10-16(23(24,25)26)5-7-19(15)29-20/h4-7,10,17-18H,2-3,8-9,11-13H2,1H3,(H,27,31)(H,28,30)/t17-,18+. The van der Waals surface area contributed by atoms with E-state index in [4.69, 9.17) is 9.47 Å². The Kier molecular flexibility index (Phi) is 8.04. The number of amides is 2. The van der Waals surface area contributed by atoms with Gasteiger partial charge in [0.25, 0.3) is 5.91 Å². The fraction of sp³-hybridized carbons (Fsp3) is 0.435. The van der Waals surface area contributed by atoms with Crippen LogP contribution in [0, 0.1) is 0 Å². The molecule has 1 aliphatic carbocycles. The maximum atomic E-state index is 12.8. The van der Waals surface area contributed by atoms with Crippen LogP contribution in [0.4, 0.5) is 13.2 Å². The first-order valence-corrected chi connectivity index (χ1v) is 10.6. The molecule has 0 aliphatic heterocycles. The molecule has 1 saturated carbocycles. The van der Waals surface area contributed by atoms with E-state index in [1.54, 1.807) is 0 Å². The van der Waals surface area contributed by atoms with Gasteiger partial charge in [0.1, 0.15) is 12.3 Å². The van der Waals surface area contributed by atoms with Gasteiger partial charge < -0.3 is 20.1 Å². The molecule has 1 aromatic heterocycles. The molecule has 1 aliphatic rings. The highest BCUT2D eigenvalue weighted by atomic mass is 19.4. The Morgan fingerprint density at radius 1 is 1.15 bits per heavy atom. The second-order valence-corrected chi connectivity index (χ2v) is 7.74. The lowest BCUT2D eigenvalue weighted by atomic mass is 9.92. The molecule has 2 aromatic rings. The number of benzene rings is 1. The third-order valence-corrected chi connectivity index (χ3v) is 5.18. The van der Waals surface area contributed by atoms with Gasteiger partial charge in [0.05, 0.1) is 23.3 Å². The number of carbonyl (C=O) groups excluding carboxylic acids is 2. The van der Waals surface area contributed by atoms with Crippen molar-refractivity contribution in [3.8, 4) is 0 Å². The first-order chi connectivity index (χ1) is 15.7. The van der Waals surface area contributed by atoms with Crippen LogP contribution in [0.15, 0.2) is 42.6 Å². The summed E-state index contributed by atoms with van der Waals surface area (Å²) >= 11 is 0. The van der Waals surface area contributed by atoms with E-state index >= 15 is 0 Å². The van der Waals surface area contributed by atoms with Gasteiger partial charge in [-0.1, -0.05) is 12.6 Å². The maximum absolute atomic E-state index is 12.8. The number of carbonyl (C=O) groups is 2. The fourth-order valence-electron chi connectivity index (χ4n) is 3.36. The van der Waals surface area contributed by atoms with Gasteiger partial charge in [0.15, 0.2) is 0 Å². The number of hydrogen-bond donors (Lipinski definition) is 2. The lowest BCUT2D eigenvalue weighted by Gasteiger charge is -2.34. The SMILES string of the molecule is C=C(CCNC(=O)c1ccc2cc(C(F)(F)F)ccc2n1)NC(=O)CO[C@H]1C[C@@H](OCC)C1. The molecule has 0 spiro atoms. The Morgan fingerprint density at radius 3 is 2.58 bits per heavy atom. The molecule has 178 valence electrons. The van der Waals surface area contributed by atoms with Gasteiger partial charge in [-0.2, -0.15) is 13.2 Å². The van der Waals surface area contributed by atoms with E-state index in [0.717, 1.165) is 25.0 Å². The smallest absolute Gasteiger partial charge is 0.378 e. The summed E-state index contributed by atoms with van der Waals surface area (Å²) in [6.07, 6.45) is -2.36. The Bertz CT molecular complexity index is 1020. The van der Waals surface area contributed by atoms with Gasteiger partial charge in [-0.05, 0) is 44.0 Å². The van der Waals surface area contributed by atoms with Crippen LogP contribution < -0.4 is 10.6 Å². The van der Waals surface area contributed by atoms with E-state index in [0.29, 0.717) is 18.7 Å². The van der Waals surface area contributed by atoms with Gasteiger partial charge in [-0.15, -0.1) is 0 Å². The molecule has 0 unspecified atom stereocenters. The first kappa shape index (κ1) is 24.7. The Balaban J connectivity index is 1.39. The highest BCUT2D eigenvalue weighted by Gasteiger charge is 2.31. The monoisotopic (exact) mass is 465 g/mol. The number of nitrogens with zero attached hydrogens (tertiary/aromatic N) is 1. The summed E-state index contributed by atoms with van der Waals surface area (Å²) in [7, 11) is 0. The molecule has 10 heteroatoms. The van der Waals surface area contributed by atoms with Crippen molar-refractivity contribution < 1.29 is 32.2 Å². The van der Waals surface area contributed by atoms with Crippen LogP contribution in [0.5, 0.6) is 0 Å². The second-order valence-electron chi connectivity index (χ2n) is 7.74. The molecule has 0 bridgehead atoms. The number of nitrogens with one attached hydrogen (secondary N) is 2. The van der Waals surface area contributed by atoms with Gasteiger partial charge >= 0.3 is 6.18 Å². The molecule has 2 amide bonds.